The number of thiophene rings is 1. The first-order valence-corrected chi connectivity index (χ1v) is 9.22. The zero-order valence-electron chi connectivity index (χ0n) is 12.5. The van der Waals surface area contributed by atoms with Crippen molar-refractivity contribution in [2.45, 2.75) is 19.0 Å². The number of fused-ring (bicyclic) bond motifs is 2. The molecule has 0 amide bonds. The topological polar surface area (TPSA) is 47.2 Å². The van der Waals surface area contributed by atoms with E-state index in [4.69, 9.17) is 11.6 Å². The van der Waals surface area contributed by atoms with E-state index in [0.717, 1.165) is 26.5 Å². The highest BCUT2D eigenvalue weighted by atomic mass is 35.5. The number of hydrogen-bond donors (Lipinski definition) is 0. The fraction of sp³-hybridized carbons (Fsp3) is 0.188. The lowest BCUT2D eigenvalue weighted by molar-refractivity contribution is 0.700. The molecule has 4 nitrogen and oxygen atoms in total. The Morgan fingerprint density at radius 2 is 1.96 bits per heavy atom. The summed E-state index contributed by atoms with van der Waals surface area (Å²) >= 11 is 9.03. The summed E-state index contributed by atoms with van der Waals surface area (Å²) in [6.45, 7) is 3.98. The van der Waals surface area contributed by atoms with Gasteiger partial charge in [-0.15, -0.1) is 11.3 Å². The quantitative estimate of drug-likeness (QED) is 0.613. The van der Waals surface area contributed by atoms with Gasteiger partial charge in [0.25, 0.3) is 5.56 Å². The first kappa shape index (κ1) is 14.9. The van der Waals surface area contributed by atoms with Crippen LogP contribution in [0.2, 0.25) is 5.02 Å². The third-order valence-corrected chi connectivity index (χ3v) is 6.18. The second kappa shape index (κ2) is 5.47. The summed E-state index contributed by atoms with van der Waals surface area (Å²) in [6, 6.07) is 7.50. The minimum Gasteiger partial charge on any atom is -0.267 e. The van der Waals surface area contributed by atoms with Crippen molar-refractivity contribution >= 4 is 50.6 Å². The van der Waals surface area contributed by atoms with Crippen LogP contribution in [-0.2, 0) is 0 Å². The highest BCUT2D eigenvalue weighted by Gasteiger charge is 2.21. The second-order valence-corrected chi connectivity index (χ2v) is 7.90. The number of rotatable bonds is 1. The van der Waals surface area contributed by atoms with E-state index in [1.165, 1.54) is 16.4 Å². The summed E-state index contributed by atoms with van der Waals surface area (Å²) in [7, 11) is 0. The van der Waals surface area contributed by atoms with E-state index >= 15 is 0 Å². The summed E-state index contributed by atoms with van der Waals surface area (Å²) in [6.07, 6.45) is 0. The maximum Gasteiger partial charge on any atom is 0.283 e. The van der Waals surface area contributed by atoms with Gasteiger partial charge in [-0.1, -0.05) is 35.5 Å². The SMILES string of the molecule is Cc1sc2nc3n(c(=O)c2c1C)N=C(c1ccc(Cl)cc1)CS3. The largest absolute Gasteiger partial charge is 0.283 e. The molecule has 0 aliphatic carbocycles. The standard InChI is InChI=1S/C16H12ClN3OS2/c1-8-9(2)23-14-13(8)15(21)20-16(18-14)22-7-12(19-20)10-3-5-11(17)6-4-10/h3-6H,7H2,1-2H3. The second-order valence-electron chi connectivity index (χ2n) is 5.32. The Morgan fingerprint density at radius 1 is 1.22 bits per heavy atom. The minimum atomic E-state index is -0.0921. The Kier molecular flexibility index (Phi) is 3.55. The third kappa shape index (κ3) is 2.41. The first-order chi connectivity index (χ1) is 11.0. The Bertz CT molecular complexity index is 1020. The number of hydrogen-bond acceptors (Lipinski definition) is 5. The van der Waals surface area contributed by atoms with E-state index in [0.29, 0.717) is 21.3 Å². The van der Waals surface area contributed by atoms with Crippen molar-refractivity contribution in [2.75, 3.05) is 5.75 Å². The fourth-order valence-electron chi connectivity index (χ4n) is 2.51. The molecule has 1 aromatic carbocycles. The molecule has 0 saturated heterocycles. The average molecular weight is 362 g/mol. The molecule has 1 aliphatic heterocycles. The smallest absolute Gasteiger partial charge is 0.267 e. The monoisotopic (exact) mass is 361 g/mol. The van der Waals surface area contributed by atoms with Gasteiger partial charge in [-0.25, -0.2) is 4.98 Å². The van der Waals surface area contributed by atoms with Gasteiger partial charge in [0, 0.05) is 15.7 Å². The molecule has 0 N–H and O–H groups in total. The van der Waals surface area contributed by atoms with E-state index < -0.39 is 0 Å². The van der Waals surface area contributed by atoms with Gasteiger partial charge in [-0.2, -0.15) is 9.78 Å². The maximum atomic E-state index is 12.8. The molecule has 4 rings (SSSR count). The molecular weight excluding hydrogens is 350 g/mol. The van der Waals surface area contributed by atoms with Gasteiger partial charge in [-0.3, -0.25) is 4.79 Å². The molecule has 116 valence electrons. The van der Waals surface area contributed by atoms with E-state index in [2.05, 4.69) is 10.1 Å². The lowest BCUT2D eigenvalue weighted by Crippen LogP contribution is -2.25. The molecule has 2 aromatic heterocycles. The maximum absolute atomic E-state index is 12.8. The molecule has 0 radical (unpaired) electrons. The zero-order valence-corrected chi connectivity index (χ0v) is 14.8. The van der Waals surface area contributed by atoms with Gasteiger partial charge < -0.3 is 0 Å². The number of benzene rings is 1. The van der Waals surface area contributed by atoms with E-state index in [1.807, 2.05) is 38.1 Å². The van der Waals surface area contributed by atoms with Crippen LogP contribution in [0.25, 0.3) is 10.2 Å². The van der Waals surface area contributed by atoms with Crippen molar-refractivity contribution in [3.63, 3.8) is 0 Å². The molecule has 7 heteroatoms. The van der Waals surface area contributed by atoms with Crippen LogP contribution in [0, 0.1) is 13.8 Å². The van der Waals surface area contributed by atoms with Crippen molar-refractivity contribution in [3.05, 3.63) is 55.6 Å². The highest BCUT2D eigenvalue weighted by Crippen LogP contribution is 2.30. The number of thioether (sulfide) groups is 1. The van der Waals surface area contributed by atoms with Crippen LogP contribution in [0.5, 0.6) is 0 Å². The van der Waals surface area contributed by atoms with Crippen LogP contribution in [0.3, 0.4) is 0 Å². The van der Waals surface area contributed by atoms with Crippen molar-refractivity contribution in [2.24, 2.45) is 5.10 Å². The summed E-state index contributed by atoms with van der Waals surface area (Å²) in [5.41, 5.74) is 2.73. The molecule has 0 bridgehead atoms. The van der Waals surface area contributed by atoms with Crippen molar-refractivity contribution in [1.29, 1.82) is 0 Å². The summed E-state index contributed by atoms with van der Waals surface area (Å²) in [5.74, 6) is 0.683. The summed E-state index contributed by atoms with van der Waals surface area (Å²) < 4.78 is 1.43. The predicted molar refractivity (Wildman–Crippen MR) is 97.5 cm³/mol. The predicted octanol–water partition coefficient (Wildman–Crippen LogP) is 4.09. The number of nitrogens with zero attached hydrogens (tertiary/aromatic N) is 3. The molecule has 3 heterocycles. The molecule has 0 fully saturated rings. The molecule has 0 atom stereocenters. The van der Waals surface area contributed by atoms with Crippen LogP contribution in [0.15, 0.2) is 39.3 Å². The molecule has 23 heavy (non-hydrogen) atoms. The average Bonchev–Trinajstić information content (AvgIpc) is 2.83. The Balaban J connectivity index is 1.93. The molecule has 1 aliphatic rings. The fourth-order valence-corrected chi connectivity index (χ4v) is 4.61. The highest BCUT2D eigenvalue weighted by molar-refractivity contribution is 7.99. The van der Waals surface area contributed by atoms with E-state index in [1.54, 1.807) is 11.3 Å². The third-order valence-electron chi connectivity index (χ3n) is 3.89. The van der Waals surface area contributed by atoms with Gasteiger partial charge in [-0.05, 0) is 37.1 Å². The molecule has 0 unspecified atom stereocenters. The van der Waals surface area contributed by atoms with E-state index in [-0.39, 0.29) is 5.56 Å². The lowest BCUT2D eigenvalue weighted by atomic mass is 10.1. The van der Waals surface area contributed by atoms with Gasteiger partial charge >= 0.3 is 0 Å². The van der Waals surface area contributed by atoms with Crippen LogP contribution in [-0.4, -0.2) is 21.1 Å². The summed E-state index contributed by atoms with van der Waals surface area (Å²) in [5, 5.41) is 6.56. The molecular formula is C16H12ClN3OS2. The van der Waals surface area contributed by atoms with Gasteiger partial charge in [0.2, 0.25) is 0 Å². The van der Waals surface area contributed by atoms with Crippen LogP contribution >= 0.6 is 34.7 Å². The molecule has 0 spiro atoms. The van der Waals surface area contributed by atoms with Crippen molar-refractivity contribution < 1.29 is 0 Å². The Hall–Kier alpha value is -1.63. The number of aromatic nitrogens is 2. The van der Waals surface area contributed by atoms with Gasteiger partial charge in [0.15, 0.2) is 5.16 Å². The first-order valence-electron chi connectivity index (χ1n) is 7.04. The van der Waals surface area contributed by atoms with E-state index in [9.17, 15) is 4.79 Å². The minimum absolute atomic E-state index is 0.0921. The van der Waals surface area contributed by atoms with Crippen LogP contribution in [0.4, 0.5) is 0 Å². The van der Waals surface area contributed by atoms with Gasteiger partial charge in [0.1, 0.15) is 4.83 Å². The van der Waals surface area contributed by atoms with Crippen molar-refractivity contribution in [3.8, 4) is 0 Å². The summed E-state index contributed by atoms with van der Waals surface area (Å²) in [4.78, 5) is 19.4. The van der Waals surface area contributed by atoms with Crippen molar-refractivity contribution in [1.82, 2.24) is 9.66 Å². The normalized spacial score (nSPS) is 14.0. The zero-order chi connectivity index (χ0) is 16.1. The lowest BCUT2D eigenvalue weighted by Gasteiger charge is -2.15. The van der Waals surface area contributed by atoms with Crippen LogP contribution in [0.1, 0.15) is 16.0 Å². The molecule has 3 aromatic rings. The van der Waals surface area contributed by atoms with Crippen LogP contribution < -0.4 is 5.56 Å². The number of aryl methyl sites for hydroxylation is 2. The number of halogens is 1. The Labute approximate surface area is 145 Å². The Morgan fingerprint density at radius 3 is 2.70 bits per heavy atom. The molecule has 0 saturated carbocycles. The van der Waals surface area contributed by atoms with Gasteiger partial charge in [0.05, 0.1) is 11.1 Å².